The Labute approximate surface area is 209 Å². The zero-order valence-corrected chi connectivity index (χ0v) is 20.1. The third-order valence-electron chi connectivity index (χ3n) is 6.08. The molecule has 0 saturated heterocycles. The largest absolute Gasteiger partial charge is 0.508 e. The van der Waals surface area contributed by atoms with E-state index in [0.717, 1.165) is 38.9 Å². The second kappa shape index (κ2) is 10.2. The van der Waals surface area contributed by atoms with Crippen LogP contribution in [0, 0.1) is 5.92 Å². The molecule has 0 radical (unpaired) electrons. The second-order valence-corrected chi connectivity index (χ2v) is 9.54. The minimum Gasteiger partial charge on any atom is -0.508 e. The lowest BCUT2D eigenvalue weighted by Gasteiger charge is -2.28. The quantitative estimate of drug-likeness (QED) is 0.282. The summed E-state index contributed by atoms with van der Waals surface area (Å²) in [5.41, 5.74) is 4.94. The van der Waals surface area contributed by atoms with E-state index in [2.05, 4.69) is 11.4 Å². The number of nitrogens with one attached hydrogen (secondary N) is 1. The third-order valence-corrected chi connectivity index (χ3v) is 7.53. The normalized spacial score (nSPS) is 17.1. The molecule has 0 bridgehead atoms. The molecule has 1 heterocycles. The van der Waals surface area contributed by atoms with E-state index in [1.807, 2.05) is 66.7 Å². The molecule has 4 aromatic carbocycles. The summed E-state index contributed by atoms with van der Waals surface area (Å²) >= 11 is 1.78. The standard InChI is InChI=1S/C29H26N2O3S/c1-34-24-16-10-21(11-17-24)30-18-25-28(19-6-12-22(32)13-7-19)31-26-4-2-3-5-27(26)35-29(25)20-8-14-23(33)15-9-20/h2-17,25,29-30,32-33H,18H2,1H3. The molecule has 176 valence electrons. The molecular weight excluding hydrogens is 456 g/mol. The molecule has 0 spiro atoms. The van der Waals surface area contributed by atoms with Crippen molar-refractivity contribution in [2.45, 2.75) is 10.1 Å². The van der Waals surface area contributed by atoms with E-state index in [-0.39, 0.29) is 22.7 Å². The number of benzene rings is 4. The molecule has 0 amide bonds. The predicted molar refractivity (Wildman–Crippen MR) is 142 cm³/mol. The van der Waals surface area contributed by atoms with E-state index in [4.69, 9.17) is 9.73 Å². The van der Waals surface area contributed by atoms with Gasteiger partial charge in [-0.15, -0.1) is 11.8 Å². The van der Waals surface area contributed by atoms with Crippen molar-refractivity contribution in [1.29, 1.82) is 0 Å². The maximum absolute atomic E-state index is 9.91. The fourth-order valence-corrected chi connectivity index (χ4v) is 5.59. The Bertz CT molecular complexity index is 1320. The first-order valence-corrected chi connectivity index (χ1v) is 12.3. The first kappa shape index (κ1) is 22.9. The van der Waals surface area contributed by atoms with E-state index in [9.17, 15) is 10.2 Å². The lowest BCUT2D eigenvalue weighted by atomic mass is 9.89. The van der Waals surface area contributed by atoms with E-state index in [0.29, 0.717) is 6.54 Å². The Balaban J connectivity index is 1.59. The highest BCUT2D eigenvalue weighted by Gasteiger charge is 2.33. The Morgan fingerprint density at radius 3 is 2.17 bits per heavy atom. The number of phenols is 2. The Hall–Kier alpha value is -3.90. The maximum atomic E-state index is 9.91. The summed E-state index contributed by atoms with van der Waals surface area (Å²) in [6, 6.07) is 30.7. The first-order chi connectivity index (χ1) is 17.1. The Morgan fingerprint density at radius 2 is 1.49 bits per heavy atom. The van der Waals surface area contributed by atoms with Gasteiger partial charge in [0.2, 0.25) is 0 Å². The van der Waals surface area contributed by atoms with Crippen molar-refractivity contribution in [2.24, 2.45) is 10.9 Å². The van der Waals surface area contributed by atoms with Crippen molar-refractivity contribution < 1.29 is 14.9 Å². The number of hydrogen-bond donors (Lipinski definition) is 3. The average Bonchev–Trinajstić information content (AvgIpc) is 3.06. The zero-order chi connectivity index (χ0) is 24.2. The van der Waals surface area contributed by atoms with Crippen LogP contribution in [0.15, 0.2) is 107 Å². The van der Waals surface area contributed by atoms with Crippen LogP contribution in [0.25, 0.3) is 0 Å². The van der Waals surface area contributed by atoms with Gasteiger partial charge in [0.25, 0.3) is 0 Å². The minimum absolute atomic E-state index is 0.0106. The summed E-state index contributed by atoms with van der Waals surface area (Å²) in [6.07, 6.45) is 0. The Morgan fingerprint density at radius 1 is 0.829 bits per heavy atom. The van der Waals surface area contributed by atoms with Crippen molar-refractivity contribution in [2.75, 3.05) is 19.0 Å². The number of anilines is 1. The van der Waals surface area contributed by atoms with Crippen LogP contribution in [0.5, 0.6) is 17.2 Å². The Kier molecular flexibility index (Phi) is 6.64. The van der Waals surface area contributed by atoms with Gasteiger partial charge in [0.05, 0.1) is 18.5 Å². The van der Waals surface area contributed by atoms with Crippen LogP contribution < -0.4 is 10.1 Å². The molecule has 1 aliphatic rings. The van der Waals surface area contributed by atoms with Gasteiger partial charge in [-0.25, -0.2) is 0 Å². The van der Waals surface area contributed by atoms with Gasteiger partial charge in [-0.2, -0.15) is 0 Å². The first-order valence-electron chi connectivity index (χ1n) is 11.4. The van der Waals surface area contributed by atoms with Gasteiger partial charge in [-0.05, 0) is 83.9 Å². The fraction of sp³-hybridized carbons (Fsp3) is 0.138. The molecule has 4 aromatic rings. The molecule has 2 unspecified atom stereocenters. The summed E-state index contributed by atoms with van der Waals surface area (Å²) < 4.78 is 5.29. The topological polar surface area (TPSA) is 74.1 Å². The number of phenolic OH excluding ortho intramolecular Hbond substituents is 2. The fourth-order valence-electron chi connectivity index (χ4n) is 4.24. The lowest BCUT2D eigenvalue weighted by Crippen LogP contribution is -2.28. The number of rotatable bonds is 6. The van der Waals surface area contributed by atoms with Crippen molar-refractivity contribution in [3.63, 3.8) is 0 Å². The monoisotopic (exact) mass is 482 g/mol. The number of methoxy groups -OCH3 is 1. The highest BCUT2D eigenvalue weighted by molar-refractivity contribution is 7.99. The van der Waals surface area contributed by atoms with Crippen molar-refractivity contribution in [1.82, 2.24) is 0 Å². The summed E-state index contributed by atoms with van der Waals surface area (Å²) in [5, 5.41) is 23.4. The number of aliphatic imine (C=N–C) groups is 1. The van der Waals surface area contributed by atoms with Crippen LogP contribution in [0.3, 0.4) is 0 Å². The van der Waals surface area contributed by atoms with Gasteiger partial charge in [0.1, 0.15) is 17.2 Å². The van der Waals surface area contributed by atoms with E-state index < -0.39 is 0 Å². The number of aromatic hydroxyl groups is 2. The molecule has 0 aliphatic carbocycles. The van der Waals surface area contributed by atoms with Gasteiger partial charge in [-0.1, -0.05) is 24.3 Å². The van der Waals surface area contributed by atoms with E-state index >= 15 is 0 Å². The van der Waals surface area contributed by atoms with Crippen LogP contribution in [0.4, 0.5) is 11.4 Å². The predicted octanol–water partition coefficient (Wildman–Crippen LogP) is 6.80. The highest BCUT2D eigenvalue weighted by atomic mass is 32.2. The van der Waals surface area contributed by atoms with Gasteiger partial charge in [0.15, 0.2) is 0 Å². The van der Waals surface area contributed by atoms with Crippen LogP contribution in [-0.4, -0.2) is 29.6 Å². The van der Waals surface area contributed by atoms with E-state index in [1.165, 1.54) is 0 Å². The van der Waals surface area contributed by atoms with Crippen LogP contribution in [0.2, 0.25) is 0 Å². The SMILES string of the molecule is COc1ccc(NCC2C(c3ccc(O)cc3)=Nc3ccccc3SC2c2ccc(O)cc2)cc1. The molecule has 6 heteroatoms. The second-order valence-electron chi connectivity index (χ2n) is 8.36. The number of fused-ring (bicyclic) bond motifs is 1. The molecule has 5 rings (SSSR count). The minimum atomic E-state index is -0.0106. The highest BCUT2D eigenvalue weighted by Crippen LogP contribution is 2.48. The third kappa shape index (κ3) is 5.12. The van der Waals surface area contributed by atoms with Crippen molar-refractivity contribution in [3.8, 4) is 17.2 Å². The van der Waals surface area contributed by atoms with Gasteiger partial charge < -0.3 is 20.3 Å². The summed E-state index contributed by atoms with van der Waals surface area (Å²) in [4.78, 5) is 6.26. The molecule has 5 nitrogen and oxygen atoms in total. The number of thioether (sulfide) groups is 1. The molecule has 0 fully saturated rings. The zero-order valence-electron chi connectivity index (χ0n) is 19.3. The molecule has 0 aromatic heterocycles. The number of ether oxygens (including phenoxy) is 1. The van der Waals surface area contributed by atoms with Gasteiger partial charge >= 0.3 is 0 Å². The molecular formula is C29H26N2O3S. The summed E-state index contributed by atoms with van der Waals surface area (Å²) in [5.74, 6) is 1.27. The number of para-hydroxylation sites is 1. The maximum Gasteiger partial charge on any atom is 0.119 e. The number of nitrogens with zero attached hydrogens (tertiary/aromatic N) is 1. The summed E-state index contributed by atoms with van der Waals surface area (Å²) in [7, 11) is 1.66. The van der Waals surface area contributed by atoms with E-state index in [1.54, 1.807) is 43.1 Å². The molecule has 1 aliphatic heterocycles. The molecule has 0 saturated carbocycles. The van der Waals surface area contributed by atoms with Gasteiger partial charge in [-0.3, -0.25) is 4.99 Å². The van der Waals surface area contributed by atoms with Crippen LogP contribution in [0.1, 0.15) is 16.4 Å². The molecule has 2 atom stereocenters. The lowest BCUT2D eigenvalue weighted by molar-refractivity contribution is 0.415. The van der Waals surface area contributed by atoms with Crippen molar-refractivity contribution in [3.05, 3.63) is 108 Å². The van der Waals surface area contributed by atoms with Crippen LogP contribution >= 0.6 is 11.8 Å². The molecule has 35 heavy (non-hydrogen) atoms. The van der Waals surface area contributed by atoms with Crippen LogP contribution in [-0.2, 0) is 0 Å². The average molecular weight is 483 g/mol. The smallest absolute Gasteiger partial charge is 0.119 e. The summed E-state index contributed by atoms with van der Waals surface area (Å²) in [6.45, 7) is 0.637. The van der Waals surface area contributed by atoms with Gasteiger partial charge in [0, 0.05) is 28.3 Å². The molecule has 3 N–H and O–H groups in total. The number of hydrogen-bond acceptors (Lipinski definition) is 6. The van der Waals surface area contributed by atoms with Crippen molar-refractivity contribution >= 4 is 28.8 Å².